The molecule has 1 aliphatic heterocycles. The van der Waals surface area contributed by atoms with Crippen molar-refractivity contribution in [2.24, 2.45) is 0 Å². The fourth-order valence-electron chi connectivity index (χ4n) is 4.36. The van der Waals surface area contributed by atoms with Gasteiger partial charge in [-0.05, 0) is 49.2 Å². The van der Waals surface area contributed by atoms with E-state index in [4.69, 9.17) is 9.72 Å². The van der Waals surface area contributed by atoms with E-state index in [1.54, 1.807) is 29.4 Å². The Morgan fingerprint density at radius 3 is 2.82 bits per heavy atom. The number of halogens is 2. The number of hydrogen-bond acceptors (Lipinski definition) is 4. The summed E-state index contributed by atoms with van der Waals surface area (Å²) in [4.78, 5) is 23.3. The van der Waals surface area contributed by atoms with Crippen molar-refractivity contribution < 1.29 is 18.3 Å². The molecule has 0 bridgehead atoms. The van der Waals surface area contributed by atoms with Gasteiger partial charge in [0.05, 0.1) is 23.4 Å². The van der Waals surface area contributed by atoms with Gasteiger partial charge in [-0.25, -0.2) is 13.8 Å². The second-order valence-electron chi connectivity index (χ2n) is 8.07. The SMILES string of the molecule is C=CC(=O)N1CCC[C@H]1c1nc(-c2ccc(OCc3cccc(F)c3F)cc2)c2cnccn12. The first-order valence-corrected chi connectivity index (χ1v) is 11.0. The van der Waals surface area contributed by atoms with Crippen LogP contribution in [0.5, 0.6) is 5.75 Å². The van der Waals surface area contributed by atoms with E-state index in [1.807, 2.05) is 22.7 Å². The first-order chi connectivity index (χ1) is 16.6. The number of carbonyl (C=O) groups is 1. The molecule has 5 rings (SSSR count). The van der Waals surface area contributed by atoms with Crippen molar-refractivity contribution in [3.05, 3.63) is 96.7 Å². The Bertz CT molecular complexity index is 1370. The Morgan fingerprint density at radius 1 is 1.21 bits per heavy atom. The van der Waals surface area contributed by atoms with E-state index in [9.17, 15) is 13.6 Å². The molecule has 1 fully saturated rings. The molecule has 0 unspecified atom stereocenters. The molecular formula is C26H22F2N4O2. The number of rotatable bonds is 6. The zero-order chi connectivity index (χ0) is 23.7. The van der Waals surface area contributed by atoms with Gasteiger partial charge in [-0.2, -0.15) is 0 Å². The first-order valence-electron chi connectivity index (χ1n) is 11.0. The standard InChI is InChI=1S/C26H22F2N4O2/c1-2-23(33)31-13-4-7-21(31)26-30-25(22-15-29-12-14-32(22)26)17-8-10-19(11-9-17)34-16-18-5-3-6-20(27)24(18)28/h2-3,5-6,8-12,14-15,21H,1,4,7,13,16H2/t21-/m0/s1. The van der Waals surface area contributed by atoms with Crippen LogP contribution >= 0.6 is 0 Å². The lowest BCUT2D eigenvalue weighted by Gasteiger charge is -2.22. The summed E-state index contributed by atoms with van der Waals surface area (Å²) < 4.78 is 34.9. The molecule has 0 N–H and O–H groups in total. The minimum atomic E-state index is -0.903. The summed E-state index contributed by atoms with van der Waals surface area (Å²) in [6.45, 7) is 4.21. The van der Waals surface area contributed by atoms with Gasteiger partial charge in [0.1, 0.15) is 18.2 Å². The molecule has 1 atom stereocenters. The second kappa shape index (κ2) is 9.05. The van der Waals surface area contributed by atoms with Gasteiger partial charge >= 0.3 is 0 Å². The fourth-order valence-corrected chi connectivity index (χ4v) is 4.36. The highest BCUT2D eigenvalue weighted by Gasteiger charge is 2.32. The summed E-state index contributed by atoms with van der Waals surface area (Å²) in [5.74, 6) is -0.608. The quantitative estimate of drug-likeness (QED) is 0.376. The zero-order valence-electron chi connectivity index (χ0n) is 18.3. The van der Waals surface area contributed by atoms with Crippen molar-refractivity contribution in [1.29, 1.82) is 0 Å². The van der Waals surface area contributed by atoms with Crippen molar-refractivity contribution in [1.82, 2.24) is 19.3 Å². The topological polar surface area (TPSA) is 59.7 Å². The predicted molar refractivity (Wildman–Crippen MR) is 123 cm³/mol. The van der Waals surface area contributed by atoms with Gasteiger partial charge in [-0.1, -0.05) is 18.7 Å². The van der Waals surface area contributed by atoms with Crippen molar-refractivity contribution in [2.45, 2.75) is 25.5 Å². The molecule has 2 aromatic carbocycles. The average molecular weight is 460 g/mol. The number of ether oxygens (including phenoxy) is 1. The summed E-state index contributed by atoms with van der Waals surface area (Å²) in [5.41, 5.74) is 2.56. The van der Waals surface area contributed by atoms with Crippen LogP contribution in [-0.2, 0) is 11.4 Å². The van der Waals surface area contributed by atoms with Crippen LogP contribution < -0.4 is 4.74 Å². The Balaban J connectivity index is 1.43. The summed E-state index contributed by atoms with van der Waals surface area (Å²) >= 11 is 0. The number of benzene rings is 2. The molecule has 0 aliphatic carbocycles. The van der Waals surface area contributed by atoms with Crippen molar-refractivity contribution in [2.75, 3.05) is 6.54 Å². The van der Waals surface area contributed by atoms with Gasteiger partial charge in [0.25, 0.3) is 0 Å². The zero-order valence-corrected chi connectivity index (χ0v) is 18.3. The maximum Gasteiger partial charge on any atom is 0.246 e. The van der Waals surface area contributed by atoms with Crippen LogP contribution in [0.4, 0.5) is 8.78 Å². The van der Waals surface area contributed by atoms with Gasteiger partial charge in [-0.3, -0.25) is 14.2 Å². The van der Waals surface area contributed by atoms with Gasteiger partial charge in [0.2, 0.25) is 5.91 Å². The molecule has 3 heterocycles. The maximum atomic E-state index is 13.9. The molecular weight excluding hydrogens is 438 g/mol. The Labute approximate surface area is 195 Å². The number of amides is 1. The number of fused-ring (bicyclic) bond motifs is 1. The molecule has 34 heavy (non-hydrogen) atoms. The minimum absolute atomic E-state index is 0.0841. The van der Waals surface area contributed by atoms with Gasteiger partial charge < -0.3 is 9.64 Å². The monoisotopic (exact) mass is 460 g/mol. The highest BCUT2D eigenvalue weighted by atomic mass is 19.2. The third kappa shape index (κ3) is 3.91. The molecule has 1 saturated heterocycles. The van der Waals surface area contributed by atoms with Gasteiger partial charge in [-0.15, -0.1) is 0 Å². The smallest absolute Gasteiger partial charge is 0.246 e. The molecule has 6 nitrogen and oxygen atoms in total. The predicted octanol–water partition coefficient (Wildman–Crippen LogP) is 5.10. The van der Waals surface area contributed by atoms with Crippen molar-refractivity contribution in [3.63, 3.8) is 0 Å². The van der Waals surface area contributed by atoms with Crippen LogP contribution in [0.2, 0.25) is 0 Å². The van der Waals surface area contributed by atoms with Gasteiger partial charge in [0.15, 0.2) is 11.6 Å². The minimum Gasteiger partial charge on any atom is -0.489 e. The molecule has 1 amide bonds. The summed E-state index contributed by atoms with van der Waals surface area (Å²) in [6, 6.07) is 11.1. The van der Waals surface area contributed by atoms with Crippen molar-refractivity contribution >= 4 is 11.4 Å². The largest absolute Gasteiger partial charge is 0.489 e. The molecule has 2 aromatic heterocycles. The molecule has 172 valence electrons. The van der Waals surface area contributed by atoms with Crippen LogP contribution in [0, 0.1) is 11.6 Å². The first kappa shape index (κ1) is 21.8. The third-order valence-corrected chi connectivity index (χ3v) is 6.04. The Hall–Kier alpha value is -4.07. The van der Waals surface area contributed by atoms with Crippen LogP contribution in [0.3, 0.4) is 0 Å². The maximum absolute atomic E-state index is 13.9. The Morgan fingerprint density at radius 2 is 2.03 bits per heavy atom. The van der Waals surface area contributed by atoms with Crippen LogP contribution in [0.15, 0.2) is 73.7 Å². The summed E-state index contributed by atoms with van der Waals surface area (Å²) in [6.07, 6.45) is 8.35. The number of likely N-dealkylation sites (tertiary alicyclic amines) is 1. The highest BCUT2D eigenvalue weighted by molar-refractivity contribution is 5.87. The van der Waals surface area contributed by atoms with E-state index in [-0.39, 0.29) is 24.1 Å². The number of carbonyl (C=O) groups excluding carboxylic acids is 1. The third-order valence-electron chi connectivity index (χ3n) is 6.04. The molecule has 1 aliphatic rings. The normalized spacial score (nSPS) is 15.6. The van der Waals surface area contributed by atoms with E-state index in [1.165, 1.54) is 18.2 Å². The molecule has 4 aromatic rings. The lowest BCUT2D eigenvalue weighted by atomic mass is 10.1. The van der Waals surface area contributed by atoms with Gasteiger partial charge in [0, 0.05) is 30.1 Å². The van der Waals surface area contributed by atoms with E-state index < -0.39 is 11.6 Å². The van der Waals surface area contributed by atoms with Crippen LogP contribution in [0.25, 0.3) is 16.8 Å². The van der Waals surface area contributed by atoms with Crippen LogP contribution in [0.1, 0.15) is 30.3 Å². The van der Waals surface area contributed by atoms with E-state index >= 15 is 0 Å². The highest BCUT2D eigenvalue weighted by Crippen LogP contribution is 2.35. The number of hydrogen-bond donors (Lipinski definition) is 0. The lowest BCUT2D eigenvalue weighted by Crippen LogP contribution is -2.29. The summed E-state index contributed by atoms with van der Waals surface area (Å²) in [7, 11) is 0. The fraction of sp³-hybridized carbons (Fsp3) is 0.192. The second-order valence-corrected chi connectivity index (χ2v) is 8.07. The number of nitrogens with zero attached hydrogens (tertiary/aromatic N) is 4. The summed E-state index contributed by atoms with van der Waals surface area (Å²) in [5, 5.41) is 0. The lowest BCUT2D eigenvalue weighted by molar-refractivity contribution is -0.127. The van der Waals surface area contributed by atoms with Crippen LogP contribution in [-0.4, -0.2) is 31.7 Å². The number of imidazole rings is 1. The molecule has 8 heteroatoms. The molecule has 0 spiro atoms. The van der Waals surface area contributed by atoms with E-state index in [2.05, 4.69) is 11.6 Å². The number of aromatic nitrogens is 3. The Kier molecular flexibility index (Phi) is 5.79. The van der Waals surface area contributed by atoms with E-state index in [0.717, 1.165) is 41.5 Å². The van der Waals surface area contributed by atoms with E-state index in [0.29, 0.717) is 12.3 Å². The average Bonchev–Trinajstić information content (AvgIpc) is 3.50. The van der Waals surface area contributed by atoms with Crippen molar-refractivity contribution in [3.8, 4) is 17.0 Å². The molecule has 0 radical (unpaired) electrons. The molecule has 0 saturated carbocycles.